The third kappa shape index (κ3) is 12.2. The summed E-state index contributed by atoms with van der Waals surface area (Å²) < 4.78 is 135. The lowest BCUT2D eigenvalue weighted by Crippen LogP contribution is -2.12. The normalized spacial score (nSPS) is 10.6. The Balaban J connectivity index is 0.000000338. The van der Waals surface area contributed by atoms with Crippen LogP contribution in [0.1, 0.15) is 70.6 Å². The molecule has 0 fully saturated rings. The lowest BCUT2D eigenvalue weighted by atomic mass is 10.0. The van der Waals surface area contributed by atoms with Crippen molar-refractivity contribution in [2.45, 2.75) is 19.3 Å². The van der Waals surface area contributed by atoms with E-state index < -0.39 is 70.0 Å². The van der Waals surface area contributed by atoms with Gasteiger partial charge in [0.05, 0.1) is 28.3 Å². The molecule has 5 nitrogen and oxygen atoms in total. The van der Waals surface area contributed by atoms with Crippen molar-refractivity contribution < 1.29 is 67.5 Å². The van der Waals surface area contributed by atoms with Gasteiger partial charge in [-0.1, -0.05) is 48.6 Å². The molecule has 0 saturated heterocycles. The van der Waals surface area contributed by atoms with E-state index in [4.69, 9.17) is 5.26 Å². The standard InChI is InChI=1S/C10H10O.C9H4F6O.C8H5NO.C7HF5O/c1-2-3-9-4-6-10(8-11)7-5-9;10-8(11,12)6-1-2-7(9(13,14)15)5(3-6)4-16;9-5-7-1-3-8(6-10)4-2-7;8-3-2(1-13)4(9)6(11)7(12)5(3)10/h2-8H,1H3;1-4H;1-4,6H;1H/b3-2+;;;. The van der Waals surface area contributed by atoms with Crippen LogP contribution in [-0.4, -0.2) is 25.1 Å². The number of carbonyl (C=O) groups is 4. The van der Waals surface area contributed by atoms with Crippen LogP contribution in [0, 0.1) is 40.4 Å². The van der Waals surface area contributed by atoms with Gasteiger partial charge in [-0.25, -0.2) is 22.0 Å². The fourth-order valence-corrected chi connectivity index (χ4v) is 3.33. The SMILES string of the molecule is C/C=C/c1ccc(C=O)cc1.N#Cc1ccc(C=O)cc1.O=Cc1c(F)c(F)c(F)c(F)c1F.O=Cc1cc(C(F)(F)F)ccc1C(F)(F)F. The summed E-state index contributed by atoms with van der Waals surface area (Å²) in [5.41, 5.74) is -2.14. The second-order valence-electron chi connectivity index (χ2n) is 9.15. The topological polar surface area (TPSA) is 92.1 Å². The number of rotatable bonds is 5. The molecule has 0 heterocycles. The van der Waals surface area contributed by atoms with E-state index in [0.717, 1.165) is 23.7 Å². The van der Waals surface area contributed by atoms with E-state index in [9.17, 15) is 67.5 Å². The van der Waals surface area contributed by atoms with Crippen LogP contribution in [0.5, 0.6) is 0 Å². The maximum atomic E-state index is 12.5. The Kier molecular flexibility index (Phi) is 16.1. The molecule has 0 bridgehead atoms. The maximum absolute atomic E-state index is 12.5. The molecule has 0 aliphatic heterocycles. The number of nitrogens with zero attached hydrogens (tertiary/aromatic N) is 1. The first kappa shape index (κ1) is 42.0. The summed E-state index contributed by atoms with van der Waals surface area (Å²) in [6.07, 6.45) is -4.75. The van der Waals surface area contributed by atoms with Crippen LogP contribution in [0.25, 0.3) is 6.08 Å². The van der Waals surface area contributed by atoms with E-state index >= 15 is 0 Å². The molecule has 0 N–H and O–H groups in total. The molecule has 0 spiro atoms. The van der Waals surface area contributed by atoms with Crippen LogP contribution >= 0.6 is 0 Å². The second-order valence-corrected chi connectivity index (χ2v) is 9.15. The first-order valence-electron chi connectivity index (χ1n) is 13.2. The molecule has 4 aromatic rings. The molecule has 0 aliphatic carbocycles. The van der Waals surface area contributed by atoms with Gasteiger partial charge in [-0.3, -0.25) is 19.2 Å². The highest BCUT2D eigenvalue weighted by molar-refractivity contribution is 5.78. The lowest BCUT2D eigenvalue weighted by molar-refractivity contribution is -0.141. The van der Waals surface area contributed by atoms with E-state index in [1.54, 1.807) is 24.3 Å². The number of aldehydes is 4. The van der Waals surface area contributed by atoms with Gasteiger partial charge in [-0.15, -0.1) is 0 Å². The first-order valence-corrected chi connectivity index (χ1v) is 13.2. The minimum Gasteiger partial charge on any atom is -0.298 e. The number of nitriles is 1. The van der Waals surface area contributed by atoms with Gasteiger partial charge >= 0.3 is 12.4 Å². The maximum Gasteiger partial charge on any atom is 0.417 e. The van der Waals surface area contributed by atoms with Gasteiger partial charge in [0, 0.05) is 16.7 Å². The molecule has 4 rings (SSSR count). The predicted octanol–water partition coefficient (Wildman–Crippen LogP) is 9.63. The number of hydrogen-bond acceptors (Lipinski definition) is 5. The number of hydrogen-bond donors (Lipinski definition) is 0. The molecule has 50 heavy (non-hydrogen) atoms. The van der Waals surface area contributed by atoms with Crippen LogP contribution in [0.4, 0.5) is 48.3 Å². The van der Waals surface area contributed by atoms with Gasteiger partial charge < -0.3 is 0 Å². The molecule has 0 amide bonds. The Morgan fingerprint density at radius 3 is 1.36 bits per heavy atom. The van der Waals surface area contributed by atoms with Crippen molar-refractivity contribution in [1.29, 1.82) is 5.26 Å². The average Bonchev–Trinajstić information content (AvgIpc) is 3.10. The van der Waals surface area contributed by atoms with E-state index in [-0.39, 0.29) is 24.5 Å². The number of allylic oxidation sites excluding steroid dienone is 1. The van der Waals surface area contributed by atoms with Crippen molar-refractivity contribution in [1.82, 2.24) is 0 Å². The van der Waals surface area contributed by atoms with Gasteiger partial charge in [0.2, 0.25) is 5.82 Å². The molecule has 0 aliphatic rings. The van der Waals surface area contributed by atoms with Gasteiger partial charge in [-0.2, -0.15) is 31.6 Å². The highest BCUT2D eigenvalue weighted by atomic mass is 19.4. The Morgan fingerprint density at radius 1 is 0.560 bits per heavy atom. The van der Waals surface area contributed by atoms with E-state index in [0.29, 0.717) is 11.1 Å². The molecule has 0 aromatic heterocycles. The Bertz CT molecular complexity index is 1830. The number of benzene rings is 4. The summed E-state index contributed by atoms with van der Waals surface area (Å²) in [6, 6.07) is 16.6. The molecule has 0 atom stereocenters. The molecule has 4 aromatic carbocycles. The fraction of sp³-hybridized carbons (Fsp3) is 0.0882. The largest absolute Gasteiger partial charge is 0.417 e. The van der Waals surface area contributed by atoms with Gasteiger partial charge in [0.1, 0.15) is 12.6 Å². The summed E-state index contributed by atoms with van der Waals surface area (Å²) in [4.78, 5) is 40.6. The minimum absolute atomic E-state index is 0.176. The van der Waals surface area contributed by atoms with E-state index in [1.165, 1.54) is 0 Å². The van der Waals surface area contributed by atoms with Crippen LogP contribution < -0.4 is 0 Å². The fourth-order valence-electron chi connectivity index (χ4n) is 3.33. The lowest BCUT2D eigenvalue weighted by Gasteiger charge is -2.12. The molecule has 0 radical (unpaired) electrons. The first-order chi connectivity index (χ1) is 23.4. The summed E-state index contributed by atoms with van der Waals surface area (Å²) in [6.45, 7) is 1.97. The second kappa shape index (κ2) is 19.1. The number of carbonyl (C=O) groups excluding carboxylic acids is 4. The van der Waals surface area contributed by atoms with Crippen LogP contribution in [0.2, 0.25) is 0 Å². The molecule has 0 unspecified atom stereocenters. The Morgan fingerprint density at radius 2 is 1.00 bits per heavy atom. The summed E-state index contributed by atoms with van der Waals surface area (Å²) in [7, 11) is 0. The monoisotopic (exact) mass is 715 g/mol. The predicted molar refractivity (Wildman–Crippen MR) is 157 cm³/mol. The van der Waals surface area contributed by atoms with Gasteiger partial charge in [0.25, 0.3) is 0 Å². The van der Waals surface area contributed by atoms with Crippen LogP contribution in [-0.2, 0) is 12.4 Å². The Hall–Kier alpha value is -5.98. The van der Waals surface area contributed by atoms with E-state index in [1.807, 2.05) is 49.4 Å². The van der Waals surface area contributed by atoms with Crippen molar-refractivity contribution in [3.05, 3.63) is 146 Å². The van der Waals surface area contributed by atoms with Crippen molar-refractivity contribution in [3.8, 4) is 6.07 Å². The van der Waals surface area contributed by atoms with Gasteiger partial charge in [-0.05, 0) is 42.8 Å². The molecular weight excluding hydrogens is 695 g/mol. The van der Waals surface area contributed by atoms with Crippen molar-refractivity contribution in [3.63, 3.8) is 0 Å². The van der Waals surface area contributed by atoms with Crippen LogP contribution in [0.15, 0.2) is 72.8 Å². The third-order valence-electron chi connectivity index (χ3n) is 5.78. The zero-order valence-corrected chi connectivity index (χ0v) is 25.1. The summed E-state index contributed by atoms with van der Waals surface area (Å²) in [5.74, 6) is -10.8. The summed E-state index contributed by atoms with van der Waals surface area (Å²) in [5, 5.41) is 8.36. The van der Waals surface area contributed by atoms with Crippen LogP contribution in [0.3, 0.4) is 0 Å². The minimum atomic E-state index is -4.85. The number of alkyl halides is 6. The zero-order chi connectivity index (χ0) is 38.2. The molecular formula is C34H20F11NO4. The quantitative estimate of drug-likeness (QED) is 0.0889. The molecule has 16 heteroatoms. The zero-order valence-electron chi connectivity index (χ0n) is 25.1. The summed E-state index contributed by atoms with van der Waals surface area (Å²) >= 11 is 0. The van der Waals surface area contributed by atoms with Crippen molar-refractivity contribution in [2.75, 3.05) is 0 Å². The number of halogens is 11. The van der Waals surface area contributed by atoms with Crippen molar-refractivity contribution in [2.24, 2.45) is 0 Å². The molecule has 0 saturated carbocycles. The van der Waals surface area contributed by atoms with Gasteiger partial charge in [0.15, 0.2) is 35.8 Å². The third-order valence-corrected chi connectivity index (χ3v) is 5.78. The highest BCUT2D eigenvalue weighted by Crippen LogP contribution is 2.35. The average molecular weight is 716 g/mol. The Labute approximate surface area is 275 Å². The smallest absolute Gasteiger partial charge is 0.298 e. The molecule has 262 valence electrons. The van der Waals surface area contributed by atoms with E-state index in [2.05, 4.69) is 0 Å². The highest BCUT2D eigenvalue weighted by Gasteiger charge is 2.36. The van der Waals surface area contributed by atoms with Crippen molar-refractivity contribution >= 4 is 31.2 Å².